The van der Waals surface area contributed by atoms with Gasteiger partial charge >= 0.3 is 0 Å². The van der Waals surface area contributed by atoms with Crippen LogP contribution in [0, 0.1) is 0 Å². The second kappa shape index (κ2) is 6.98. The molecule has 0 amide bonds. The first kappa shape index (κ1) is 13.7. The van der Waals surface area contributed by atoms with E-state index >= 15 is 0 Å². The molecule has 0 spiro atoms. The van der Waals surface area contributed by atoms with Crippen molar-refractivity contribution in [1.29, 1.82) is 0 Å². The molecular weight excluding hydrogens is 248 g/mol. The molecule has 2 N–H and O–H groups in total. The standard InChI is InChI=1S/C14H21ClN2O/c15-13-8-4-5-9-14(13)18-11-10-17(16)12-6-2-1-3-7-12/h4-5,8-9,12H,1-3,6-7,10-11,16H2. The molecule has 1 saturated carbocycles. The first-order valence-corrected chi connectivity index (χ1v) is 7.04. The van der Waals surface area contributed by atoms with Crippen LogP contribution in [0.4, 0.5) is 0 Å². The molecule has 0 heterocycles. The van der Waals surface area contributed by atoms with Crippen molar-refractivity contribution in [2.24, 2.45) is 5.84 Å². The summed E-state index contributed by atoms with van der Waals surface area (Å²) >= 11 is 6.02. The minimum absolute atomic E-state index is 0.522. The average Bonchev–Trinajstić information content (AvgIpc) is 2.42. The van der Waals surface area contributed by atoms with Crippen molar-refractivity contribution >= 4 is 11.6 Å². The lowest BCUT2D eigenvalue weighted by molar-refractivity contribution is 0.132. The van der Waals surface area contributed by atoms with Crippen molar-refractivity contribution in [3.63, 3.8) is 0 Å². The van der Waals surface area contributed by atoms with Gasteiger partial charge in [0.2, 0.25) is 0 Å². The molecule has 0 unspecified atom stereocenters. The first-order chi connectivity index (χ1) is 8.77. The van der Waals surface area contributed by atoms with Crippen LogP contribution in [0.5, 0.6) is 5.75 Å². The minimum Gasteiger partial charge on any atom is -0.491 e. The van der Waals surface area contributed by atoms with Crippen molar-refractivity contribution < 1.29 is 4.74 Å². The third-order valence-corrected chi connectivity index (χ3v) is 3.80. The molecule has 0 saturated heterocycles. The number of nitrogens with two attached hydrogens (primary N) is 1. The molecule has 0 aromatic heterocycles. The predicted octanol–water partition coefficient (Wildman–Crippen LogP) is 3.23. The van der Waals surface area contributed by atoms with Gasteiger partial charge in [-0.2, -0.15) is 0 Å². The molecule has 100 valence electrons. The van der Waals surface area contributed by atoms with E-state index in [0.29, 0.717) is 17.7 Å². The average molecular weight is 269 g/mol. The number of rotatable bonds is 5. The molecule has 18 heavy (non-hydrogen) atoms. The molecule has 1 aromatic rings. The summed E-state index contributed by atoms with van der Waals surface area (Å²) in [5, 5.41) is 2.58. The molecule has 1 aromatic carbocycles. The SMILES string of the molecule is NN(CCOc1ccccc1Cl)C1CCCCC1. The monoisotopic (exact) mass is 268 g/mol. The lowest BCUT2D eigenvalue weighted by atomic mass is 9.95. The Morgan fingerprint density at radius 1 is 1.22 bits per heavy atom. The lowest BCUT2D eigenvalue weighted by Crippen LogP contribution is -2.44. The van der Waals surface area contributed by atoms with E-state index in [1.165, 1.54) is 32.1 Å². The molecule has 0 aliphatic heterocycles. The zero-order valence-corrected chi connectivity index (χ0v) is 11.4. The molecule has 0 radical (unpaired) electrons. The second-order valence-corrected chi connectivity index (χ2v) is 5.22. The molecule has 2 rings (SSSR count). The highest BCUT2D eigenvalue weighted by molar-refractivity contribution is 6.32. The van der Waals surface area contributed by atoms with E-state index < -0.39 is 0 Å². The zero-order valence-electron chi connectivity index (χ0n) is 10.6. The normalized spacial score (nSPS) is 17.1. The molecule has 1 aliphatic rings. The van der Waals surface area contributed by atoms with Crippen molar-refractivity contribution in [3.05, 3.63) is 29.3 Å². The Labute approximate surface area is 114 Å². The van der Waals surface area contributed by atoms with Crippen LogP contribution in [0.3, 0.4) is 0 Å². The summed E-state index contributed by atoms with van der Waals surface area (Å²) in [5.74, 6) is 6.80. The van der Waals surface area contributed by atoms with Crippen LogP contribution in [0.1, 0.15) is 32.1 Å². The Morgan fingerprint density at radius 3 is 2.67 bits per heavy atom. The van der Waals surface area contributed by atoms with Crippen LogP contribution in [0.2, 0.25) is 5.02 Å². The Morgan fingerprint density at radius 2 is 1.94 bits per heavy atom. The molecule has 3 nitrogen and oxygen atoms in total. The topological polar surface area (TPSA) is 38.5 Å². The first-order valence-electron chi connectivity index (χ1n) is 6.66. The Kier molecular flexibility index (Phi) is 5.29. The van der Waals surface area contributed by atoms with Crippen molar-refractivity contribution in [2.45, 2.75) is 38.1 Å². The molecule has 0 atom stereocenters. The van der Waals surface area contributed by atoms with Crippen molar-refractivity contribution in [1.82, 2.24) is 5.01 Å². The highest BCUT2D eigenvalue weighted by atomic mass is 35.5. The van der Waals surface area contributed by atoms with Gasteiger partial charge in [-0.1, -0.05) is 43.0 Å². The van der Waals surface area contributed by atoms with Gasteiger partial charge < -0.3 is 4.74 Å². The molecule has 1 aliphatic carbocycles. The van der Waals surface area contributed by atoms with Gasteiger partial charge in [0.25, 0.3) is 0 Å². The van der Waals surface area contributed by atoms with E-state index in [-0.39, 0.29) is 0 Å². The van der Waals surface area contributed by atoms with Crippen LogP contribution < -0.4 is 10.6 Å². The number of hydrazine groups is 1. The Hall–Kier alpha value is -0.770. The van der Waals surface area contributed by atoms with Gasteiger partial charge in [0, 0.05) is 12.6 Å². The fourth-order valence-electron chi connectivity index (χ4n) is 2.42. The number of nitrogens with zero attached hydrogens (tertiary/aromatic N) is 1. The van der Waals surface area contributed by atoms with Crippen LogP contribution in [-0.4, -0.2) is 24.2 Å². The summed E-state index contributed by atoms with van der Waals surface area (Å²) in [6.45, 7) is 1.33. The molecule has 4 heteroatoms. The van der Waals surface area contributed by atoms with E-state index in [2.05, 4.69) is 0 Å². The van der Waals surface area contributed by atoms with E-state index in [1.54, 1.807) is 0 Å². The van der Waals surface area contributed by atoms with Gasteiger partial charge in [-0.05, 0) is 25.0 Å². The summed E-state index contributed by atoms with van der Waals surface area (Å²) in [4.78, 5) is 0. The van der Waals surface area contributed by atoms with Crippen LogP contribution >= 0.6 is 11.6 Å². The van der Waals surface area contributed by atoms with Gasteiger partial charge in [-0.15, -0.1) is 0 Å². The molecule has 1 fully saturated rings. The van der Waals surface area contributed by atoms with Crippen LogP contribution in [0.25, 0.3) is 0 Å². The maximum Gasteiger partial charge on any atom is 0.137 e. The minimum atomic E-state index is 0.522. The highest BCUT2D eigenvalue weighted by Gasteiger charge is 2.18. The zero-order chi connectivity index (χ0) is 12.8. The van der Waals surface area contributed by atoms with Gasteiger partial charge in [-0.25, -0.2) is 5.01 Å². The Balaban J connectivity index is 1.73. The largest absolute Gasteiger partial charge is 0.491 e. The number of hydrogen-bond acceptors (Lipinski definition) is 3. The number of para-hydroxylation sites is 1. The van der Waals surface area contributed by atoms with Crippen LogP contribution in [-0.2, 0) is 0 Å². The van der Waals surface area contributed by atoms with Gasteiger partial charge in [0.05, 0.1) is 5.02 Å². The maximum absolute atomic E-state index is 6.07. The fourth-order valence-corrected chi connectivity index (χ4v) is 2.61. The van der Waals surface area contributed by atoms with Crippen molar-refractivity contribution in [2.75, 3.05) is 13.2 Å². The summed E-state index contributed by atoms with van der Waals surface area (Å²) in [7, 11) is 0. The number of halogens is 1. The number of ether oxygens (including phenoxy) is 1. The van der Waals surface area contributed by atoms with E-state index in [4.69, 9.17) is 22.2 Å². The predicted molar refractivity (Wildman–Crippen MR) is 74.7 cm³/mol. The molecule has 0 bridgehead atoms. The second-order valence-electron chi connectivity index (χ2n) is 4.81. The summed E-state index contributed by atoms with van der Waals surface area (Å²) < 4.78 is 5.64. The summed E-state index contributed by atoms with van der Waals surface area (Å²) in [5.41, 5.74) is 0. The Bertz CT molecular complexity index is 367. The van der Waals surface area contributed by atoms with Crippen molar-refractivity contribution in [3.8, 4) is 5.75 Å². The summed E-state index contributed by atoms with van der Waals surface area (Å²) in [6, 6.07) is 8.05. The smallest absolute Gasteiger partial charge is 0.137 e. The number of benzene rings is 1. The van der Waals surface area contributed by atoms with Gasteiger partial charge in [0.1, 0.15) is 12.4 Å². The van der Waals surface area contributed by atoms with Crippen LogP contribution in [0.15, 0.2) is 24.3 Å². The van der Waals surface area contributed by atoms with E-state index in [1.807, 2.05) is 29.3 Å². The molecular formula is C14H21ClN2O. The summed E-state index contributed by atoms with van der Waals surface area (Å²) in [6.07, 6.45) is 6.36. The number of hydrogen-bond donors (Lipinski definition) is 1. The lowest BCUT2D eigenvalue weighted by Gasteiger charge is -2.30. The van der Waals surface area contributed by atoms with Gasteiger partial charge in [0.15, 0.2) is 0 Å². The quantitative estimate of drug-likeness (QED) is 0.658. The third kappa shape index (κ3) is 3.87. The van der Waals surface area contributed by atoms with Gasteiger partial charge in [-0.3, -0.25) is 5.84 Å². The van der Waals surface area contributed by atoms with E-state index in [9.17, 15) is 0 Å². The van der Waals surface area contributed by atoms with E-state index in [0.717, 1.165) is 12.3 Å². The highest BCUT2D eigenvalue weighted by Crippen LogP contribution is 2.23. The maximum atomic E-state index is 6.07. The fraction of sp³-hybridized carbons (Fsp3) is 0.571. The third-order valence-electron chi connectivity index (χ3n) is 3.49.